The summed E-state index contributed by atoms with van der Waals surface area (Å²) in [7, 11) is 0. The number of hydrogen-bond acceptors (Lipinski definition) is 3. The zero-order chi connectivity index (χ0) is 17.7. The Bertz CT molecular complexity index is 574. The van der Waals surface area contributed by atoms with E-state index in [-0.39, 0.29) is 42.2 Å². The summed E-state index contributed by atoms with van der Waals surface area (Å²) in [6, 6.07) is 5.55. The number of nitrogens with two attached hydrogens (primary N) is 1. The third kappa shape index (κ3) is 5.03. The highest BCUT2D eigenvalue weighted by molar-refractivity contribution is 5.94. The van der Waals surface area contributed by atoms with Crippen molar-refractivity contribution in [3.05, 3.63) is 30.1 Å². The first kappa shape index (κ1) is 18.4. The molecule has 1 fully saturated rings. The van der Waals surface area contributed by atoms with Crippen LogP contribution in [0.2, 0.25) is 0 Å². The lowest BCUT2D eigenvalue weighted by Gasteiger charge is -2.28. The van der Waals surface area contributed by atoms with E-state index >= 15 is 0 Å². The second-order valence-corrected chi connectivity index (χ2v) is 6.73. The Kier molecular flexibility index (Phi) is 6.31. The van der Waals surface area contributed by atoms with Crippen LogP contribution in [-0.2, 0) is 9.59 Å². The van der Waals surface area contributed by atoms with Gasteiger partial charge in [0.2, 0.25) is 11.8 Å². The topological polar surface area (TPSA) is 75.4 Å². The van der Waals surface area contributed by atoms with Crippen molar-refractivity contribution >= 4 is 17.5 Å². The molecule has 3 N–H and O–H groups in total. The van der Waals surface area contributed by atoms with Crippen LogP contribution in [0.25, 0.3) is 0 Å². The summed E-state index contributed by atoms with van der Waals surface area (Å²) in [5.74, 6) is -0.486. The van der Waals surface area contributed by atoms with Crippen LogP contribution in [0.15, 0.2) is 24.3 Å². The van der Waals surface area contributed by atoms with Crippen molar-refractivity contribution in [2.45, 2.75) is 51.6 Å². The van der Waals surface area contributed by atoms with Gasteiger partial charge in [-0.25, -0.2) is 4.39 Å². The summed E-state index contributed by atoms with van der Waals surface area (Å²) >= 11 is 0. The van der Waals surface area contributed by atoms with Gasteiger partial charge >= 0.3 is 0 Å². The van der Waals surface area contributed by atoms with Crippen LogP contribution >= 0.6 is 0 Å². The minimum absolute atomic E-state index is 0.0180. The number of carbonyl (C=O) groups excluding carboxylic acids is 2. The summed E-state index contributed by atoms with van der Waals surface area (Å²) in [6.07, 6.45) is 3.39. The van der Waals surface area contributed by atoms with E-state index in [1.54, 1.807) is 4.90 Å². The largest absolute Gasteiger partial charge is 0.331 e. The number of halogens is 1. The molecule has 0 aliphatic heterocycles. The Labute approximate surface area is 142 Å². The number of nitrogens with one attached hydrogen (secondary N) is 1. The Morgan fingerprint density at radius 1 is 1.29 bits per heavy atom. The predicted octanol–water partition coefficient (Wildman–Crippen LogP) is 2.52. The number of anilines is 1. The van der Waals surface area contributed by atoms with E-state index < -0.39 is 0 Å². The number of rotatable bonds is 6. The molecule has 0 aromatic heterocycles. The number of nitrogens with zero attached hydrogens (tertiary/aromatic N) is 1. The van der Waals surface area contributed by atoms with E-state index in [1.807, 2.05) is 13.8 Å². The minimum Gasteiger partial charge on any atom is -0.331 e. The van der Waals surface area contributed by atoms with Crippen LogP contribution in [0.1, 0.15) is 39.5 Å². The Balaban J connectivity index is 1.93. The number of amides is 2. The Hall–Kier alpha value is -1.95. The first-order valence-corrected chi connectivity index (χ1v) is 8.47. The zero-order valence-corrected chi connectivity index (χ0v) is 14.3. The quantitative estimate of drug-likeness (QED) is 0.839. The normalized spacial score (nSPS) is 20.2. The first-order chi connectivity index (χ1) is 11.4. The van der Waals surface area contributed by atoms with E-state index in [0.717, 1.165) is 19.3 Å². The molecule has 2 atom stereocenters. The van der Waals surface area contributed by atoms with Gasteiger partial charge in [0, 0.05) is 24.2 Å². The van der Waals surface area contributed by atoms with Crippen LogP contribution in [0, 0.1) is 11.7 Å². The predicted molar refractivity (Wildman–Crippen MR) is 91.8 cm³/mol. The first-order valence-electron chi connectivity index (χ1n) is 8.47. The van der Waals surface area contributed by atoms with Crippen LogP contribution in [0.3, 0.4) is 0 Å². The number of benzene rings is 1. The van der Waals surface area contributed by atoms with Crippen LogP contribution in [0.5, 0.6) is 0 Å². The van der Waals surface area contributed by atoms with Crippen molar-refractivity contribution in [2.75, 3.05) is 11.9 Å². The summed E-state index contributed by atoms with van der Waals surface area (Å²) < 4.78 is 12.9. The van der Waals surface area contributed by atoms with Gasteiger partial charge in [0.25, 0.3) is 0 Å². The van der Waals surface area contributed by atoms with Crippen LogP contribution < -0.4 is 11.1 Å². The molecular formula is C18H26FN3O2. The molecule has 1 aromatic rings. The maximum atomic E-state index is 12.9. The molecule has 24 heavy (non-hydrogen) atoms. The molecule has 2 amide bonds. The summed E-state index contributed by atoms with van der Waals surface area (Å²) in [5.41, 5.74) is 6.55. The molecule has 0 spiro atoms. The fourth-order valence-corrected chi connectivity index (χ4v) is 3.11. The molecule has 5 nitrogen and oxygen atoms in total. The zero-order valence-electron chi connectivity index (χ0n) is 14.3. The highest BCUT2D eigenvalue weighted by Crippen LogP contribution is 2.27. The van der Waals surface area contributed by atoms with Gasteiger partial charge in [-0.1, -0.05) is 6.42 Å². The molecule has 0 bridgehead atoms. The molecule has 1 aromatic carbocycles. The fraction of sp³-hybridized carbons (Fsp3) is 0.556. The van der Waals surface area contributed by atoms with E-state index in [1.165, 1.54) is 24.3 Å². The van der Waals surface area contributed by atoms with Crippen molar-refractivity contribution in [1.82, 2.24) is 4.90 Å². The molecule has 0 radical (unpaired) electrons. The molecule has 6 heteroatoms. The average molecular weight is 335 g/mol. The third-order valence-corrected chi connectivity index (χ3v) is 4.54. The van der Waals surface area contributed by atoms with Gasteiger partial charge in [0.15, 0.2) is 0 Å². The molecular weight excluding hydrogens is 309 g/mol. The Morgan fingerprint density at radius 2 is 1.96 bits per heavy atom. The van der Waals surface area contributed by atoms with Crippen molar-refractivity contribution in [1.29, 1.82) is 0 Å². The van der Waals surface area contributed by atoms with Crippen molar-refractivity contribution in [3.8, 4) is 0 Å². The SMILES string of the molecule is CC(C)N(CC(=O)Nc1ccc(F)cc1)C(=O)C[C@@H]1CCC[C@H]1N. The maximum Gasteiger partial charge on any atom is 0.244 e. The van der Waals surface area contributed by atoms with Crippen molar-refractivity contribution in [3.63, 3.8) is 0 Å². The highest BCUT2D eigenvalue weighted by atomic mass is 19.1. The Morgan fingerprint density at radius 3 is 2.50 bits per heavy atom. The van der Waals surface area contributed by atoms with Gasteiger partial charge < -0.3 is 16.0 Å². The highest BCUT2D eigenvalue weighted by Gasteiger charge is 2.29. The van der Waals surface area contributed by atoms with Gasteiger partial charge in [-0.3, -0.25) is 9.59 Å². The van der Waals surface area contributed by atoms with Gasteiger partial charge in [-0.05, 0) is 56.9 Å². The summed E-state index contributed by atoms with van der Waals surface area (Å²) in [4.78, 5) is 26.3. The smallest absolute Gasteiger partial charge is 0.244 e. The standard InChI is InChI=1S/C18H26FN3O2/c1-12(2)22(18(24)10-13-4-3-5-16(13)20)11-17(23)21-15-8-6-14(19)7-9-15/h6-9,12-13,16H,3-5,10-11,20H2,1-2H3,(H,21,23)/t13-,16+/m0/s1. The molecule has 1 saturated carbocycles. The monoisotopic (exact) mass is 335 g/mol. The molecule has 1 aliphatic carbocycles. The van der Waals surface area contributed by atoms with Gasteiger partial charge in [-0.15, -0.1) is 0 Å². The number of hydrogen-bond donors (Lipinski definition) is 2. The summed E-state index contributed by atoms with van der Waals surface area (Å²) in [5, 5.41) is 2.69. The van der Waals surface area contributed by atoms with Gasteiger partial charge in [-0.2, -0.15) is 0 Å². The minimum atomic E-state index is -0.361. The molecule has 132 valence electrons. The van der Waals surface area contributed by atoms with Crippen molar-refractivity contribution in [2.24, 2.45) is 11.7 Å². The van der Waals surface area contributed by atoms with E-state index in [0.29, 0.717) is 12.1 Å². The lowest BCUT2D eigenvalue weighted by atomic mass is 9.99. The van der Waals surface area contributed by atoms with E-state index in [4.69, 9.17) is 5.73 Å². The van der Waals surface area contributed by atoms with Crippen LogP contribution in [-0.4, -0.2) is 35.3 Å². The average Bonchev–Trinajstić information content (AvgIpc) is 2.92. The molecule has 2 rings (SSSR count). The van der Waals surface area contributed by atoms with E-state index in [9.17, 15) is 14.0 Å². The summed E-state index contributed by atoms with van der Waals surface area (Å²) in [6.45, 7) is 3.76. The second kappa shape index (κ2) is 8.24. The van der Waals surface area contributed by atoms with Crippen LogP contribution in [0.4, 0.5) is 10.1 Å². The van der Waals surface area contributed by atoms with Crippen molar-refractivity contribution < 1.29 is 14.0 Å². The maximum absolute atomic E-state index is 12.9. The second-order valence-electron chi connectivity index (χ2n) is 6.73. The third-order valence-electron chi connectivity index (χ3n) is 4.54. The molecule has 0 saturated heterocycles. The molecule has 0 heterocycles. The van der Waals surface area contributed by atoms with E-state index in [2.05, 4.69) is 5.32 Å². The lowest BCUT2D eigenvalue weighted by molar-refractivity contribution is -0.137. The number of carbonyl (C=O) groups is 2. The fourth-order valence-electron chi connectivity index (χ4n) is 3.11. The van der Waals surface area contributed by atoms with Gasteiger partial charge in [0.1, 0.15) is 12.4 Å². The molecule has 1 aliphatic rings. The molecule has 0 unspecified atom stereocenters. The lowest BCUT2D eigenvalue weighted by Crippen LogP contribution is -2.43. The van der Waals surface area contributed by atoms with Gasteiger partial charge in [0.05, 0.1) is 0 Å².